The predicted molar refractivity (Wildman–Crippen MR) is 200 cm³/mol. The number of carboxylic acids is 1. The number of hydrogen-bond donors (Lipinski definition) is 8. The van der Waals surface area contributed by atoms with Gasteiger partial charge in [-0.1, -0.05) is 81.0 Å². The third-order valence-electron chi connectivity index (χ3n) is 10.3. The Hall–Kier alpha value is -3.09. The van der Waals surface area contributed by atoms with Gasteiger partial charge in [0.1, 0.15) is 23.9 Å². The van der Waals surface area contributed by atoms with Crippen LogP contribution in [0.2, 0.25) is 0 Å². The lowest BCUT2D eigenvalue weighted by Crippen LogP contribution is -2.61. The van der Waals surface area contributed by atoms with Gasteiger partial charge in [-0.3, -0.25) is 14.4 Å². The van der Waals surface area contributed by atoms with Gasteiger partial charge in [-0.05, 0) is 25.7 Å². The molecule has 310 valence electrons. The summed E-state index contributed by atoms with van der Waals surface area (Å²) in [5, 5.41) is 74.7. The van der Waals surface area contributed by atoms with Crippen molar-refractivity contribution in [3.8, 4) is 0 Å². The molecule has 3 rings (SSSR count). The van der Waals surface area contributed by atoms with E-state index >= 15 is 0 Å². The highest BCUT2D eigenvalue weighted by Gasteiger charge is 2.50. The van der Waals surface area contributed by atoms with E-state index in [1.54, 1.807) is 55.5 Å². The van der Waals surface area contributed by atoms with Crippen molar-refractivity contribution in [1.82, 2.24) is 0 Å². The number of esters is 1. The van der Waals surface area contributed by atoms with Gasteiger partial charge in [0.05, 0.1) is 55.2 Å². The fourth-order valence-corrected chi connectivity index (χ4v) is 6.89. The molecule has 15 heteroatoms. The zero-order chi connectivity index (χ0) is 40.7. The van der Waals surface area contributed by atoms with Crippen molar-refractivity contribution in [1.29, 1.82) is 0 Å². The van der Waals surface area contributed by atoms with E-state index in [1.807, 2.05) is 26.0 Å². The number of aliphatic hydroxyl groups excluding tert-OH is 5. The SMILES string of the molecule is CCC(C)C1C/C=C/C=C\C=C/C=C\C=C\C(O[C@@H]2O[C@H](C)[C@@H](O)[C@H](N)[C@@H]2O)CC2OC(O)(CC(O)CCCC(=O)CC(O)CC(=O)O1)CC(O)C2C(=O)O. The molecule has 0 amide bonds. The summed E-state index contributed by atoms with van der Waals surface area (Å²) >= 11 is 0. The number of hydrogen-bond acceptors (Lipinski definition) is 14. The number of ether oxygens (including phenoxy) is 4. The van der Waals surface area contributed by atoms with Gasteiger partial charge in [0.2, 0.25) is 0 Å². The van der Waals surface area contributed by atoms with Crippen molar-refractivity contribution in [3.63, 3.8) is 0 Å². The minimum absolute atomic E-state index is 0.0218. The lowest BCUT2D eigenvalue weighted by Gasteiger charge is -2.45. The molecule has 0 spiro atoms. The second-order valence-corrected chi connectivity index (χ2v) is 14.9. The Kier molecular flexibility index (Phi) is 19.0. The van der Waals surface area contributed by atoms with Crippen LogP contribution >= 0.6 is 0 Å². The maximum atomic E-state index is 12.6. The summed E-state index contributed by atoms with van der Waals surface area (Å²) < 4.78 is 23.3. The maximum absolute atomic E-state index is 12.6. The highest BCUT2D eigenvalue weighted by molar-refractivity contribution is 5.80. The van der Waals surface area contributed by atoms with Crippen LogP contribution < -0.4 is 5.73 Å². The average molecular weight is 780 g/mol. The largest absolute Gasteiger partial charge is 0.481 e. The van der Waals surface area contributed by atoms with Gasteiger partial charge in [0.15, 0.2) is 12.1 Å². The van der Waals surface area contributed by atoms with Crippen molar-refractivity contribution in [3.05, 3.63) is 60.8 Å². The van der Waals surface area contributed by atoms with E-state index in [9.17, 15) is 50.1 Å². The summed E-state index contributed by atoms with van der Waals surface area (Å²) in [5.74, 6) is -5.93. The highest BCUT2D eigenvalue weighted by Crippen LogP contribution is 2.38. The van der Waals surface area contributed by atoms with Crippen molar-refractivity contribution in [2.24, 2.45) is 17.6 Å². The minimum Gasteiger partial charge on any atom is -0.481 e. The molecule has 0 aromatic carbocycles. The van der Waals surface area contributed by atoms with E-state index in [2.05, 4.69) is 0 Å². The first-order valence-corrected chi connectivity index (χ1v) is 19.2. The van der Waals surface area contributed by atoms with E-state index in [0.717, 1.165) is 6.42 Å². The fraction of sp³-hybridized carbons (Fsp3) is 0.675. The molecule has 3 aliphatic heterocycles. The Morgan fingerprint density at radius 1 is 0.964 bits per heavy atom. The third kappa shape index (κ3) is 15.1. The molecule has 9 N–H and O–H groups in total. The molecule has 0 aromatic heterocycles. The molecule has 2 bridgehead atoms. The quantitative estimate of drug-likeness (QED) is 0.185. The van der Waals surface area contributed by atoms with E-state index in [1.165, 1.54) is 0 Å². The smallest absolute Gasteiger partial charge is 0.311 e. The zero-order valence-electron chi connectivity index (χ0n) is 31.9. The maximum Gasteiger partial charge on any atom is 0.311 e. The molecule has 2 fully saturated rings. The molecule has 3 heterocycles. The standard InChI is InChI=1S/C40H61NO14/c1-4-24(2)31-18-13-11-9-7-5-6-8-10-12-17-29(53-39-37(48)35(41)36(47)25(3)52-39)21-32-34(38(49)50)30(45)23-40(51,55-32)22-27(43)16-14-15-26(42)19-28(44)20-33(46)54-31/h5-13,17,24-25,27-32,34-37,39,43-45,47-48,51H,4,14-16,18-23,41H2,1-3H3,(H,49,50)/b6-5-,9-7-,10-8-,13-11+,17-12+/t24?,25-,27?,28?,29?,30?,31?,32?,34?,35+,36-,37+,39+,40?/m1/s1. The molecule has 9 unspecified atom stereocenters. The average Bonchev–Trinajstić information content (AvgIpc) is 3.09. The van der Waals surface area contributed by atoms with Gasteiger partial charge >= 0.3 is 11.9 Å². The van der Waals surface area contributed by atoms with E-state index in [0.29, 0.717) is 6.42 Å². The molecule has 0 aliphatic carbocycles. The number of carbonyl (C=O) groups is 3. The summed E-state index contributed by atoms with van der Waals surface area (Å²) in [7, 11) is 0. The first-order chi connectivity index (χ1) is 26.0. The van der Waals surface area contributed by atoms with E-state index in [-0.39, 0.29) is 50.2 Å². The van der Waals surface area contributed by atoms with Crippen LogP contribution in [0.25, 0.3) is 0 Å². The number of fused-ring (bicyclic) bond motifs is 2. The fourth-order valence-electron chi connectivity index (χ4n) is 6.89. The van der Waals surface area contributed by atoms with E-state index < -0.39 is 104 Å². The number of Topliss-reactive ketones (excluding diaryl/α,β-unsaturated/α-hetero) is 1. The zero-order valence-corrected chi connectivity index (χ0v) is 31.9. The molecule has 0 saturated carbocycles. The molecule has 0 aromatic rings. The molecular weight excluding hydrogens is 718 g/mol. The number of carboxylic acid groups (broad SMARTS) is 1. The monoisotopic (exact) mass is 779 g/mol. The Bertz CT molecular complexity index is 1380. The summed E-state index contributed by atoms with van der Waals surface area (Å²) in [6, 6.07) is -1.10. The number of nitrogens with two attached hydrogens (primary N) is 1. The predicted octanol–water partition coefficient (Wildman–Crippen LogP) is 1.87. The van der Waals surface area contributed by atoms with Gasteiger partial charge in [-0.25, -0.2) is 0 Å². The number of ketones is 1. The molecule has 55 heavy (non-hydrogen) atoms. The molecular formula is C40H61NO14. The van der Waals surface area contributed by atoms with Crippen LogP contribution in [0.5, 0.6) is 0 Å². The molecule has 14 atom stereocenters. The van der Waals surface area contributed by atoms with E-state index in [4.69, 9.17) is 24.7 Å². The molecule has 3 aliphatic rings. The number of cyclic esters (lactones) is 1. The minimum atomic E-state index is -2.16. The van der Waals surface area contributed by atoms with Gasteiger partial charge in [0.25, 0.3) is 0 Å². The van der Waals surface area contributed by atoms with Crippen molar-refractivity contribution in [2.75, 3.05) is 0 Å². The number of allylic oxidation sites excluding steroid dienone is 8. The Morgan fingerprint density at radius 2 is 1.62 bits per heavy atom. The lowest BCUT2D eigenvalue weighted by molar-refractivity contribution is -0.308. The molecule has 0 radical (unpaired) electrons. The normalized spacial score (nSPS) is 41.7. The number of aliphatic hydroxyl groups is 6. The number of carbonyl (C=O) groups excluding carboxylic acids is 2. The van der Waals surface area contributed by atoms with Crippen molar-refractivity contribution < 1.29 is 69.1 Å². The van der Waals surface area contributed by atoms with Crippen LogP contribution in [0.3, 0.4) is 0 Å². The van der Waals surface area contributed by atoms with Crippen LogP contribution in [0, 0.1) is 11.8 Å². The van der Waals surface area contributed by atoms with Gasteiger partial charge < -0.3 is 60.4 Å². The number of rotatable bonds is 5. The van der Waals surface area contributed by atoms with Crippen LogP contribution in [0.1, 0.15) is 85.0 Å². The Balaban J connectivity index is 1.88. The summed E-state index contributed by atoms with van der Waals surface area (Å²) in [4.78, 5) is 37.6. The van der Waals surface area contributed by atoms with Gasteiger partial charge in [0, 0.05) is 38.5 Å². The Morgan fingerprint density at radius 3 is 2.27 bits per heavy atom. The Labute approximate surface area is 322 Å². The van der Waals surface area contributed by atoms with Crippen molar-refractivity contribution in [2.45, 2.75) is 158 Å². The van der Waals surface area contributed by atoms with Crippen LogP contribution in [0.15, 0.2) is 60.8 Å². The summed E-state index contributed by atoms with van der Waals surface area (Å²) in [5.41, 5.74) is 6.00. The third-order valence-corrected chi connectivity index (χ3v) is 10.3. The second kappa shape index (κ2) is 22.6. The van der Waals surface area contributed by atoms with Gasteiger partial charge in [-0.15, -0.1) is 0 Å². The number of aliphatic carboxylic acids is 1. The van der Waals surface area contributed by atoms with Crippen molar-refractivity contribution >= 4 is 17.7 Å². The molecule has 15 nitrogen and oxygen atoms in total. The highest BCUT2D eigenvalue weighted by atomic mass is 16.7. The first kappa shape index (κ1) is 46.3. The van der Waals surface area contributed by atoms with Gasteiger partial charge in [-0.2, -0.15) is 0 Å². The second-order valence-electron chi connectivity index (χ2n) is 14.9. The molecule has 2 saturated heterocycles. The van der Waals surface area contributed by atoms with Crippen LogP contribution in [0.4, 0.5) is 0 Å². The lowest BCUT2D eigenvalue weighted by atomic mass is 9.83. The topological polar surface area (TPSA) is 256 Å². The first-order valence-electron chi connectivity index (χ1n) is 19.2. The van der Waals surface area contributed by atoms with Crippen LogP contribution in [-0.4, -0.2) is 127 Å². The summed E-state index contributed by atoms with van der Waals surface area (Å²) in [6.07, 6.45) is 5.42. The summed E-state index contributed by atoms with van der Waals surface area (Å²) in [6.45, 7) is 5.51. The van der Waals surface area contributed by atoms with Crippen LogP contribution in [-0.2, 0) is 33.3 Å².